The zero-order valence-corrected chi connectivity index (χ0v) is 15.4. The lowest BCUT2D eigenvalue weighted by Crippen LogP contribution is -2.35. The molecule has 0 radical (unpaired) electrons. The minimum Gasteiger partial charge on any atom is -0.355 e. The Kier molecular flexibility index (Phi) is 2.97. The molecule has 5 aliphatic carbocycles. The fourth-order valence-corrected chi connectivity index (χ4v) is 6.02. The average molecular weight is 364 g/mol. The molecule has 0 aliphatic heterocycles. The van der Waals surface area contributed by atoms with E-state index in [9.17, 15) is 9.59 Å². The number of hydrogen-bond donors (Lipinski definition) is 2. The summed E-state index contributed by atoms with van der Waals surface area (Å²) in [5.74, 6) is 2.67. The molecule has 0 spiro atoms. The Balaban J connectivity index is 1.03. The molecule has 2 aromatic heterocycles. The first-order valence-corrected chi connectivity index (χ1v) is 10.1. The highest BCUT2D eigenvalue weighted by molar-refractivity contribution is 5.93. The van der Waals surface area contributed by atoms with Crippen molar-refractivity contribution < 1.29 is 9.59 Å². The molecular formula is C21H24N4O2. The van der Waals surface area contributed by atoms with E-state index in [-0.39, 0.29) is 23.3 Å². The van der Waals surface area contributed by atoms with Gasteiger partial charge in [-0.25, -0.2) is 4.98 Å². The summed E-state index contributed by atoms with van der Waals surface area (Å²) in [6.07, 6.45) is 8.29. The van der Waals surface area contributed by atoms with E-state index < -0.39 is 0 Å². The number of imidazole rings is 1. The van der Waals surface area contributed by atoms with Crippen molar-refractivity contribution in [2.45, 2.75) is 38.6 Å². The van der Waals surface area contributed by atoms with Crippen LogP contribution in [-0.2, 0) is 4.79 Å². The summed E-state index contributed by atoms with van der Waals surface area (Å²) in [6, 6.07) is 4.10. The van der Waals surface area contributed by atoms with Crippen LogP contribution in [0.2, 0.25) is 0 Å². The molecule has 0 aromatic carbocycles. The first-order chi connectivity index (χ1) is 13.0. The van der Waals surface area contributed by atoms with Gasteiger partial charge in [-0.3, -0.25) is 9.59 Å². The fraction of sp³-hybridized carbons (Fsp3) is 0.571. The van der Waals surface area contributed by atoms with Crippen LogP contribution >= 0.6 is 0 Å². The maximum Gasteiger partial charge on any atom is 0.271 e. The number of nitrogens with one attached hydrogen (secondary N) is 2. The standard InChI is InChI=1S/C21H24N4O2/c1-11-2-3-25-10-17(23-18(25)4-11)19(26)24-16-7-13(16)9-22-20(27)21-8-12-5-14(21)15(21)6-12/h2-4,10,12-16H,5-9H2,1H3,(H,22,27)(H,24,26). The molecule has 4 unspecified atom stereocenters. The van der Waals surface area contributed by atoms with Crippen LogP contribution < -0.4 is 10.6 Å². The normalized spacial score (nSPS) is 37.4. The second kappa shape index (κ2) is 5.12. The minimum atomic E-state index is -0.132. The van der Waals surface area contributed by atoms with Crippen LogP contribution in [0.1, 0.15) is 41.7 Å². The topological polar surface area (TPSA) is 75.5 Å². The highest BCUT2D eigenvalue weighted by Gasteiger charge is 2.77. The molecule has 2 aromatic rings. The monoisotopic (exact) mass is 364 g/mol. The molecule has 27 heavy (non-hydrogen) atoms. The molecule has 4 atom stereocenters. The van der Waals surface area contributed by atoms with Crippen molar-refractivity contribution in [1.29, 1.82) is 0 Å². The molecule has 0 saturated heterocycles. The molecule has 5 aliphatic rings. The van der Waals surface area contributed by atoms with Gasteiger partial charge in [0.25, 0.3) is 5.91 Å². The molecule has 6 nitrogen and oxygen atoms in total. The Hall–Kier alpha value is -2.37. The van der Waals surface area contributed by atoms with Crippen molar-refractivity contribution in [2.75, 3.05) is 6.54 Å². The molecule has 5 fully saturated rings. The molecule has 2 heterocycles. The van der Waals surface area contributed by atoms with Gasteiger partial charge in [0.05, 0.1) is 5.41 Å². The Labute approximate surface area is 157 Å². The highest BCUT2D eigenvalue weighted by Crippen LogP contribution is 2.79. The van der Waals surface area contributed by atoms with Crippen molar-refractivity contribution in [3.05, 3.63) is 35.8 Å². The third-order valence-electron chi connectivity index (χ3n) is 7.54. The summed E-state index contributed by atoms with van der Waals surface area (Å²) in [4.78, 5) is 29.5. The predicted molar refractivity (Wildman–Crippen MR) is 99.1 cm³/mol. The number of aryl methyl sites for hydroxylation is 1. The summed E-state index contributed by atoms with van der Waals surface area (Å²) in [6.45, 7) is 2.69. The number of carbonyl (C=O) groups excluding carboxylic acids is 2. The number of nitrogens with zero attached hydrogens (tertiary/aromatic N) is 2. The summed E-state index contributed by atoms with van der Waals surface area (Å²) in [7, 11) is 0. The van der Waals surface area contributed by atoms with Crippen molar-refractivity contribution in [3.8, 4) is 0 Å². The lowest BCUT2D eigenvalue weighted by Gasteiger charge is -2.12. The molecular weight excluding hydrogens is 340 g/mol. The zero-order chi connectivity index (χ0) is 18.3. The molecule has 7 rings (SSSR count). The predicted octanol–water partition coefficient (Wildman–Crippen LogP) is 1.92. The Morgan fingerprint density at radius 1 is 1.30 bits per heavy atom. The van der Waals surface area contributed by atoms with Crippen LogP contribution in [0.3, 0.4) is 0 Å². The summed E-state index contributed by atoms with van der Waals surface area (Å²) in [5, 5.41) is 6.25. The fourth-order valence-electron chi connectivity index (χ4n) is 6.02. The summed E-state index contributed by atoms with van der Waals surface area (Å²) in [5.41, 5.74) is 2.36. The van der Waals surface area contributed by atoms with Crippen molar-refractivity contribution in [1.82, 2.24) is 20.0 Å². The number of fused-ring (bicyclic) bond motifs is 1. The van der Waals surface area contributed by atoms with Crippen LogP contribution in [0.15, 0.2) is 24.5 Å². The lowest BCUT2D eigenvalue weighted by atomic mass is 10.0. The molecule has 140 valence electrons. The van der Waals surface area contributed by atoms with Gasteiger partial charge in [0.15, 0.2) is 0 Å². The van der Waals surface area contributed by atoms with E-state index in [1.54, 1.807) is 6.20 Å². The van der Waals surface area contributed by atoms with Crippen LogP contribution in [-0.4, -0.2) is 33.8 Å². The van der Waals surface area contributed by atoms with Crippen molar-refractivity contribution in [2.24, 2.45) is 29.1 Å². The van der Waals surface area contributed by atoms with E-state index in [2.05, 4.69) is 15.6 Å². The number of carbonyl (C=O) groups is 2. The number of rotatable bonds is 5. The maximum absolute atomic E-state index is 12.6. The van der Waals surface area contributed by atoms with Gasteiger partial charge < -0.3 is 15.0 Å². The largest absolute Gasteiger partial charge is 0.355 e. The average Bonchev–Trinajstić information content (AvgIpc) is 3.20. The van der Waals surface area contributed by atoms with E-state index in [4.69, 9.17) is 0 Å². The van der Waals surface area contributed by atoms with E-state index in [0.717, 1.165) is 30.0 Å². The maximum atomic E-state index is 12.6. The van der Waals surface area contributed by atoms with E-state index in [0.29, 0.717) is 30.0 Å². The van der Waals surface area contributed by atoms with Crippen molar-refractivity contribution >= 4 is 17.5 Å². The number of aromatic nitrogens is 2. The van der Waals surface area contributed by atoms with Gasteiger partial charge in [-0.1, -0.05) is 0 Å². The van der Waals surface area contributed by atoms with E-state index >= 15 is 0 Å². The third kappa shape index (κ3) is 2.22. The number of amides is 2. The van der Waals surface area contributed by atoms with Gasteiger partial charge in [-0.15, -0.1) is 0 Å². The lowest BCUT2D eigenvalue weighted by molar-refractivity contribution is -0.126. The van der Waals surface area contributed by atoms with Crippen LogP contribution in [0, 0.1) is 36.0 Å². The number of pyridine rings is 1. The van der Waals surface area contributed by atoms with Gasteiger partial charge in [-0.05, 0) is 74.0 Å². The first kappa shape index (κ1) is 15.7. The van der Waals surface area contributed by atoms with Gasteiger partial charge in [-0.2, -0.15) is 0 Å². The van der Waals surface area contributed by atoms with Gasteiger partial charge in [0.2, 0.25) is 5.91 Å². The highest BCUT2D eigenvalue weighted by atomic mass is 16.2. The van der Waals surface area contributed by atoms with Crippen LogP contribution in [0.4, 0.5) is 0 Å². The van der Waals surface area contributed by atoms with Crippen LogP contribution in [0.5, 0.6) is 0 Å². The minimum absolute atomic E-state index is 0.00692. The van der Waals surface area contributed by atoms with Gasteiger partial charge in [0, 0.05) is 25.0 Å². The molecule has 5 saturated carbocycles. The van der Waals surface area contributed by atoms with Crippen LogP contribution in [0.25, 0.3) is 5.65 Å². The Morgan fingerprint density at radius 3 is 2.85 bits per heavy atom. The Bertz CT molecular complexity index is 968. The van der Waals surface area contributed by atoms with E-state index in [1.807, 2.05) is 29.7 Å². The molecule has 4 bridgehead atoms. The smallest absolute Gasteiger partial charge is 0.271 e. The van der Waals surface area contributed by atoms with E-state index in [1.165, 1.54) is 12.8 Å². The van der Waals surface area contributed by atoms with Crippen molar-refractivity contribution in [3.63, 3.8) is 0 Å². The molecule has 2 amide bonds. The quantitative estimate of drug-likeness (QED) is 0.851. The van der Waals surface area contributed by atoms with Gasteiger partial charge in [0.1, 0.15) is 11.3 Å². The SMILES string of the molecule is Cc1ccn2cc(C(=O)NC3CC3CNC(=O)C34CC5CC3C4C5)nc2c1. The second-order valence-corrected chi connectivity index (χ2v) is 9.18. The Morgan fingerprint density at radius 2 is 2.11 bits per heavy atom. The second-order valence-electron chi connectivity index (χ2n) is 9.18. The molecule has 2 N–H and O–H groups in total. The first-order valence-electron chi connectivity index (χ1n) is 10.1. The third-order valence-corrected chi connectivity index (χ3v) is 7.54. The zero-order valence-electron chi connectivity index (χ0n) is 15.4. The number of hydrogen-bond acceptors (Lipinski definition) is 3. The summed E-state index contributed by atoms with van der Waals surface area (Å²) >= 11 is 0. The molecule has 6 heteroatoms. The summed E-state index contributed by atoms with van der Waals surface area (Å²) < 4.78 is 1.87. The van der Waals surface area contributed by atoms with Gasteiger partial charge >= 0.3 is 0 Å².